The molecule has 2 aliphatic carbocycles. The van der Waals surface area contributed by atoms with Gasteiger partial charge in [-0.25, -0.2) is 19.6 Å². The van der Waals surface area contributed by atoms with Crippen LogP contribution in [0.1, 0.15) is 76.1 Å². The van der Waals surface area contributed by atoms with Crippen molar-refractivity contribution in [2.45, 2.75) is 88.6 Å². The number of H-pyrrole nitrogens is 2. The summed E-state index contributed by atoms with van der Waals surface area (Å²) >= 11 is 6.84. The Morgan fingerprint density at radius 3 is 2.07 bits per heavy atom. The van der Waals surface area contributed by atoms with E-state index in [0.29, 0.717) is 54.6 Å². The second-order valence-electron chi connectivity index (χ2n) is 17.8. The Hall–Kier alpha value is -5.67. The molecule has 10 rings (SSSR count). The summed E-state index contributed by atoms with van der Waals surface area (Å²) < 4.78 is 10.5. The Morgan fingerprint density at radius 1 is 0.803 bits per heavy atom. The average molecular weight is 849 g/mol. The summed E-state index contributed by atoms with van der Waals surface area (Å²) in [6, 6.07) is 16.7. The molecule has 5 N–H and O–H groups in total. The van der Waals surface area contributed by atoms with Crippen LogP contribution in [0.3, 0.4) is 0 Å². The zero-order valence-corrected chi connectivity index (χ0v) is 34.9. The SMILES string of the molecule is COC(=O)N[C@H](C(=O)N1[C@@H]2C[C@H]2C[C@H]1c1nc(Cl)c(-c2ccc3cc(-c4ccc5[nH]c([C@@H]6C[C@H]7C[C@H]7N6C(=O)[C@@H](NC(=O)O)C(C)C)nc5c4)ccc3c2)[nH]1)C1CCOCC1. The van der Waals surface area contributed by atoms with Crippen LogP contribution >= 0.6 is 11.6 Å². The van der Waals surface area contributed by atoms with Gasteiger partial charge < -0.3 is 45.0 Å². The Morgan fingerprint density at radius 2 is 1.41 bits per heavy atom. The highest BCUT2D eigenvalue weighted by molar-refractivity contribution is 6.32. The first-order chi connectivity index (χ1) is 29.4. The molecule has 2 aromatic heterocycles. The number of halogens is 1. The summed E-state index contributed by atoms with van der Waals surface area (Å²) in [7, 11) is 1.31. The average Bonchev–Trinajstić information content (AvgIpc) is 3.94. The molecule has 0 spiro atoms. The maximum atomic E-state index is 14.3. The van der Waals surface area contributed by atoms with Crippen molar-refractivity contribution in [3.05, 3.63) is 71.4 Å². The van der Waals surface area contributed by atoms with Crippen molar-refractivity contribution in [1.82, 2.24) is 40.4 Å². The van der Waals surface area contributed by atoms with Gasteiger partial charge in [0.1, 0.15) is 23.7 Å². The number of imidazole rings is 2. The highest BCUT2D eigenvalue weighted by atomic mass is 35.5. The first kappa shape index (κ1) is 39.5. The number of hydrogen-bond donors (Lipinski definition) is 5. The molecule has 318 valence electrons. The third kappa shape index (κ3) is 7.24. The largest absolute Gasteiger partial charge is 0.465 e. The normalized spacial score (nSPS) is 25.3. The van der Waals surface area contributed by atoms with Gasteiger partial charge in [0.2, 0.25) is 11.8 Å². The van der Waals surface area contributed by atoms with Crippen LogP contribution in [-0.4, -0.2) is 103 Å². The van der Waals surface area contributed by atoms with E-state index >= 15 is 0 Å². The zero-order chi connectivity index (χ0) is 42.3. The van der Waals surface area contributed by atoms with Gasteiger partial charge in [0.15, 0.2) is 5.15 Å². The van der Waals surface area contributed by atoms with Gasteiger partial charge in [-0.15, -0.1) is 0 Å². The summed E-state index contributed by atoms with van der Waals surface area (Å²) in [6.45, 7) is 4.79. The van der Waals surface area contributed by atoms with Crippen molar-refractivity contribution in [3.8, 4) is 22.4 Å². The zero-order valence-electron chi connectivity index (χ0n) is 34.2. The summed E-state index contributed by atoms with van der Waals surface area (Å²) in [4.78, 5) is 72.4. The number of nitrogens with one attached hydrogen (secondary N) is 4. The van der Waals surface area contributed by atoms with Gasteiger partial charge in [0, 0.05) is 30.9 Å². The molecule has 4 amide bonds. The third-order valence-electron chi connectivity index (χ3n) is 13.7. The van der Waals surface area contributed by atoms with Crippen molar-refractivity contribution in [1.29, 1.82) is 0 Å². The number of hydrogen-bond acceptors (Lipinski definition) is 8. The van der Waals surface area contributed by atoms with Crippen molar-refractivity contribution in [2.75, 3.05) is 20.3 Å². The standard InChI is InChI=1S/C45H49ClN8O7/c1-21(2)36(50-44(57)58)42(55)53-32-17-28(32)19-34(53)40-47-30-9-8-26(16-31(30)48-40)24-4-5-25-15-27(7-6-23(25)14-24)37-39(46)52-41(49-37)35-20-29-18-33(29)54(35)43(56)38(51-45(59)60-3)22-10-12-61-13-11-22/h4-9,14-16,21-22,28-29,32-36,38,50H,10-13,17-20H2,1-3H3,(H,47,48)(H,49,52)(H,51,59)(H,57,58)/t28-,29+,32-,33-,34+,35+,36+,38+/m1/s1. The first-order valence-corrected chi connectivity index (χ1v) is 21.7. The fourth-order valence-corrected chi connectivity index (χ4v) is 10.5. The number of aromatic nitrogens is 4. The minimum Gasteiger partial charge on any atom is -0.465 e. The van der Waals surface area contributed by atoms with Gasteiger partial charge in [0.25, 0.3) is 0 Å². The van der Waals surface area contributed by atoms with E-state index in [1.165, 1.54) is 7.11 Å². The molecule has 8 atom stereocenters. The number of piperidine rings is 2. The van der Waals surface area contributed by atoms with Crippen LogP contribution in [0.2, 0.25) is 5.15 Å². The van der Waals surface area contributed by atoms with E-state index in [-0.39, 0.29) is 47.8 Å². The lowest BCUT2D eigenvalue weighted by atomic mass is 9.90. The molecule has 16 heteroatoms. The molecule has 5 fully saturated rings. The van der Waals surface area contributed by atoms with E-state index in [0.717, 1.165) is 70.0 Å². The number of carboxylic acid groups (broad SMARTS) is 1. The molecule has 5 aliphatic rings. The minimum absolute atomic E-state index is 0.0550. The lowest BCUT2D eigenvalue weighted by molar-refractivity contribution is -0.138. The Bertz CT molecular complexity index is 2570. The first-order valence-electron chi connectivity index (χ1n) is 21.3. The number of nitrogens with zero attached hydrogens (tertiary/aromatic N) is 4. The third-order valence-corrected chi connectivity index (χ3v) is 13.9. The molecule has 61 heavy (non-hydrogen) atoms. The highest BCUT2D eigenvalue weighted by Crippen LogP contribution is 2.55. The van der Waals surface area contributed by atoms with Crippen molar-refractivity contribution >= 4 is 57.4 Å². The van der Waals surface area contributed by atoms with Crippen LogP contribution in [0.25, 0.3) is 44.2 Å². The summed E-state index contributed by atoms with van der Waals surface area (Å²) in [6.07, 6.45) is 2.96. The number of benzene rings is 3. The summed E-state index contributed by atoms with van der Waals surface area (Å²) in [5, 5.41) is 17.1. The van der Waals surface area contributed by atoms with E-state index in [2.05, 4.69) is 63.1 Å². The lowest BCUT2D eigenvalue weighted by Gasteiger charge is -2.35. The van der Waals surface area contributed by atoms with E-state index in [1.807, 2.05) is 35.8 Å². The maximum Gasteiger partial charge on any atom is 0.407 e. The molecule has 0 unspecified atom stereocenters. The second-order valence-corrected chi connectivity index (χ2v) is 18.1. The van der Waals surface area contributed by atoms with Gasteiger partial charge in [-0.3, -0.25) is 9.59 Å². The molecule has 3 saturated heterocycles. The molecular formula is C45H49ClN8O7. The fraction of sp³-hybridized carbons (Fsp3) is 0.467. The minimum atomic E-state index is -1.21. The van der Waals surface area contributed by atoms with Crippen LogP contribution in [0.4, 0.5) is 9.59 Å². The highest BCUT2D eigenvalue weighted by Gasteiger charge is 2.58. The smallest absolute Gasteiger partial charge is 0.407 e. The Kier molecular flexibility index (Phi) is 9.93. The molecule has 0 radical (unpaired) electrons. The van der Waals surface area contributed by atoms with E-state index < -0.39 is 24.3 Å². The number of fused-ring (bicyclic) bond motifs is 4. The summed E-state index contributed by atoms with van der Waals surface area (Å²) in [5.41, 5.74) is 5.25. The number of likely N-dealkylation sites (tertiary alicyclic amines) is 2. The number of carbonyl (C=O) groups is 4. The molecule has 3 aliphatic heterocycles. The molecule has 15 nitrogen and oxygen atoms in total. The second kappa shape index (κ2) is 15.4. The Balaban J connectivity index is 0.875. The lowest BCUT2D eigenvalue weighted by Crippen LogP contribution is -2.54. The van der Waals surface area contributed by atoms with Gasteiger partial charge >= 0.3 is 12.2 Å². The van der Waals surface area contributed by atoms with Crippen molar-refractivity contribution in [3.63, 3.8) is 0 Å². The number of alkyl carbamates (subject to hydrolysis) is 1. The molecule has 2 saturated carbocycles. The van der Waals surface area contributed by atoms with Gasteiger partial charge in [0.05, 0.1) is 35.9 Å². The fourth-order valence-electron chi connectivity index (χ4n) is 10.3. The van der Waals surface area contributed by atoms with E-state index in [1.54, 1.807) is 0 Å². The molecule has 5 aromatic rings. The molecular weight excluding hydrogens is 800 g/mol. The number of ether oxygens (including phenoxy) is 2. The number of amides is 4. The van der Waals surface area contributed by atoms with Crippen molar-refractivity contribution in [2.24, 2.45) is 23.7 Å². The quantitative estimate of drug-likeness (QED) is 0.0967. The maximum absolute atomic E-state index is 14.3. The Labute approximate surface area is 356 Å². The molecule has 5 heterocycles. The van der Waals surface area contributed by atoms with Gasteiger partial charge in [-0.05, 0) is 108 Å². The topological polar surface area (TPSA) is 195 Å². The van der Waals surface area contributed by atoms with Crippen LogP contribution in [0.5, 0.6) is 0 Å². The monoisotopic (exact) mass is 848 g/mol. The number of rotatable bonds is 10. The predicted octanol–water partition coefficient (Wildman–Crippen LogP) is 7.19. The van der Waals surface area contributed by atoms with E-state index in [4.69, 9.17) is 31.0 Å². The molecule has 3 aromatic carbocycles. The predicted molar refractivity (Wildman–Crippen MR) is 226 cm³/mol. The van der Waals surface area contributed by atoms with Crippen LogP contribution in [0.15, 0.2) is 54.6 Å². The van der Waals surface area contributed by atoms with Gasteiger partial charge in [-0.1, -0.05) is 55.8 Å². The number of aromatic amines is 2. The molecule has 0 bridgehead atoms. The van der Waals surface area contributed by atoms with Crippen LogP contribution in [-0.2, 0) is 19.1 Å². The van der Waals surface area contributed by atoms with Gasteiger partial charge in [-0.2, -0.15) is 0 Å². The van der Waals surface area contributed by atoms with Crippen LogP contribution < -0.4 is 10.6 Å². The van der Waals surface area contributed by atoms with Crippen LogP contribution in [0, 0.1) is 23.7 Å². The summed E-state index contributed by atoms with van der Waals surface area (Å²) in [5.74, 6) is 1.57. The van der Waals surface area contributed by atoms with E-state index in [9.17, 15) is 24.3 Å². The number of methoxy groups -OCH3 is 1. The number of carbonyl (C=O) groups excluding carboxylic acids is 3. The van der Waals surface area contributed by atoms with Crippen molar-refractivity contribution < 1.29 is 33.8 Å².